The van der Waals surface area contributed by atoms with E-state index >= 15 is 0 Å². The molecule has 3 aromatic rings. The van der Waals surface area contributed by atoms with Crippen LogP contribution in [0.25, 0.3) is 0 Å². The number of hydrogen-bond acceptors (Lipinski definition) is 6. The van der Waals surface area contributed by atoms with Crippen molar-refractivity contribution in [2.75, 3.05) is 13.2 Å². The van der Waals surface area contributed by atoms with E-state index in [1.165, 1.54) is 0 Å². The zero-order valence-electron chi connectivity index (χ0n) is 25.8. The number of ether oxygens (including phenoxy) is 2. The minimum atomic E-state index is -3.43. The summed E-state index contributed by atoms with van der Waals surface area (Å²) in [5, 5.41) is 2.72. The standard InChI is InChI=1S/C35H43NO5Si/c1-8-39-32(37)30(25-36-35(6,7)26-34(3,4)5)31(33(38)40-9-2)41-42(27-19-13-10-14-20-27,28-21-15-11-16-22-28)29-23-17-12-18-24-29/h10-24,31H,8-9,26H2,1-7H3. The smallest absolute Gasteiger partial charge is 0.346 e. The molecule has 42 heavy (non-hydrogen) atoms. The van der Waals surface area contributed by atoms with Gasteiger partial charge in [0.25, 0.3) is 8.32 Å². The summed E-state index contributed by atoms with van der Waals surface area (Å²) in [5.74, 6) is 1.53. The molecule has 1 atom stereocenters. The zero-order valence-corrected chi connectivity index (χ0v) is 26.8. The summed E-state index contributed by atoms with van der Waals surface area (Å²) in [7, 11) is -3.43. The predicted molar refractivity (Wildman–Crippen MR) is 171 cm³/mol. The molecule has 0 spiro atoms. The van der Waals surface area contributed by atoms with E-state index in [1.54, 1.807) is 13.8 Å². The molecule has 1 unspecified atom stereocenters. The molecule has 0 N–H and O–H groups in total. The van der Waals surface area contributed by atoms with Gasteiger partial charge in [0, 0.05) is 0 Å². The van der Waals surface area contributed by atoms with Gasteiger partial charge in [-0.2, -0.15) is 0 Å². The van der Waals surface area contributed by atoms with Crippen molar-refractivity contribution in [2.24, 2.45) is 10.4 Å². The molecule has 3 rings (SSSR count). The van der Waals surface area contributed by atoms with Crippen molar-refractivity contribution in [3.63, 3.8) is 0 Å². The van der Waals surface area contributed by atoms with Gasteiger partial charge in [0.2, 0.25) is 0 Å². The molecule has 0 aliphatic carbocycles. The summed E-state index contributed by atoms with van der Waals surface area (Å²) < 4.78 is 18.1. The Kier molecular flexibility index (Phi) is 11.2. The molecule has 0 radical (unpaired) electrons. The Labute approximate surface area is 251 Å². The average molecular weight is 586 g/mol. The molecule has 6 nitrogen and oxygen atoms in total. The Hall–Kier alpha value is -3.77. The van der Waals surface area contributed by atoms with Crippen LogP contribution in [0.1, 0.15) is 54.9 Å². The Bertz CT molecular complexity index is 1280. The Morgan fingerprint density at radius 3 is 1.55 bits per heavy atom. The first-order valence-corrected chi connectivity index (χ1v) is 16.4. The van der Waals surface area contributed by atoms with Crippen molar-refractivity contribution in [2.45, 2.75) is 66.5 Å². The number of aliphatic imine (C=N–C) groups is 1. The van der Waals surface area contributed by atoms with Crippen LogP contribution in [0, 0.1) is 5.41 Å². The minimum Gasteiger partial charge on any atom is -0.464 e. The summed E-state index contributed by atoms with van der Waals surface area (Å²) in [6, 6.07) is 29.5. The molecule has 0 saturated heterocycles. The van der Waals surface area contributed by atoms with Crippen molar-refractivity contribution in [3.05, 3.63) is 96.6 Å². The highest BCUT2D eigenvalue weighted by atomic mass is 28.4. The van der Waals surface area contributed by atoms with Crippen LogP contribution < -0.4 is 15.6 Å². The predicted octanol–water partition coefficient (Wildman–Crippen LogP) is 4.98. The molecular weight excluding hydrogens is 542 g/mol. The van der Waals surface area contributed by atoms with Crippen LogP contribution in [0.5, 0.6) is 0 Å². The molecule has 222 valence electrons. The second-order valence-corrected chi connectivity index (χ2v) is 15.3. The Morgan fingerprint density at radius 2 is 1.17 bits per heavy atom. The fourth-order valence-corrected chi connectivity index (χ4v) is 9.27. The fourth-order valence-electron chi connectivity index (χ4n) is 5.31. The van der Waals surface area contributed by atoms with Gasteiger partial charge in [-0.3, -0.25) is 0 Å². The van der Waals surface area contributed by atoms with Crippen molar-refractivity contribution in [1.29, 1.82) is 0 Å². The zero-order chi connectivity index (χ0) is 30.8. The maximum Gasteiger partial charge on any atom is 0.346 e. The van der Waals surface area contributed by atoms with Gasteiger partial charge in [0.05, 0.1) is 18.8 Å². The summed E-state index contributed by atoms with van der Waals surface area (Å²) in [6.45, 7) is 14.0. The number of esters is 2. The van der Waals surface area contributed by atoms with E-state index in [0.29, 0.717) is 0 Å². The minimum absolute atomic E-state index is 0.0220. The lowest BCUT2D eigenvalue weighted by atomic mass is 9.82. The third kappa shape index (κ3) is 8.38. The molecule has 3 aromatic carbocycles. The molecule has 0 fully saturated rings. The molecular formula is C35H43NO5Si. The second-order valence-electron chi connectivity index (χ2n) is 11.9. The van der Waals surface area contributed by atoms with Crippen molar-refractivity contribution < 1.29 is 23.5 Å². The van der Waals surface area contributed by atoms with Gasteiger partial charge in [-0.15, -0.1) is 0 Å². The van der Waals surface area contributed by atoms with Gasteiger partial charge in [-0.1, -0.05) is 112 Å². The molecule has 0 aromatic heterocycles. The summed E-state index contributed by atoms with van der Waals surface area (Å²) in [4.78, 5) is 32.0. The first kappa shape index (κ1) is 32.7. The first-order chi connectivity index (χ1) is 19.9. The Morgan fingerprint density at radius 1 is 0.738 bits per heavy atom. The molecule has 0 bridgehead atoms. The highest BCUT2D eigenvalue weighted by Crippen LogP contribution is 2.29. The van der Waals surface area contributed by atoms with E-state index in [2.05, 4.69) is 26.6 Å². The number of rotatable bonds is 12. The number of carbonyl (C=O) groups excluding carboxylic acids is 2. The monoisotopic (exact) mass is 585 g/mol. The van der Waals surface area contributed by atoms with Crippen LogP contribution >= 0.6 is 0 Å². The van der Waals surface area contributed by atoms with E-state index in [9.17, 15) is 9.59 Å². The van der Waals surface area contributed by atoms with Gasteiger partial charge in [-0.05, 0) is 61.0 Å². The van der Waals surface area contributed by atoms with E-state index < -0.39 is 31.9 Å². The van der Waals surface area contributed by atoms with E-state index in [4.69, 9.17) is 18.9 Å². The van der Waals surface area contributed by atoms with Crippen LogP contribution in [-0.2, 0) is 23.5 Å². The second kappa shape index (κ2) is 14.4. The summed E-state index contributed by atoms with van der Waals surface area (Å²) >= 11 is 0. The van der Waals surface area contributed by atoms with Gasteiger partial charge in [0.15, 0.2) is 6.10 Å². The highest BCUT2D eigenvalue weighted by molar-refractivity contribution is 7.07. The third-order valence-electron chi connectivity index (χ3n) is 6.54. The van der Waals surface area contributed by atoms with Crippen LogP contribution in [0.4, 0.5) is 0 Å². The van der Waals surface area contributed by atoms with Gasteiger partial charge in [0.1, 0.15) is 5.57 Å². The van der Waals surface area contributed by atoms with Crippen LogP contribution in [0.15, 0.2) is 102 Å². The molecule has 0 amide bonds. The first-order valence-electron chi connectivity index (χ1n) is 14.5. The molecule has 7 heteroatoms. The Balaban J connectivity index is 2.37. The van der Waals surface area contributed by atoms with Crippen LogP contribution in [-0.4, -0.2) is 51.0 Å². The van der Waals surface area contributed by atoms with Gasteiger partial charge in [-0.25, -0.2) is 14.6 Å². The maximum atomic E-state index is 13.8. The van der Waals surface area contributed by atoms with E-state index in [-0.39, 0.29) is 24.2 Å². The quantitative estimate of drug-likeness (QED) is 0.0986. The van der Waals surface area contributed by atoms with Gasteiger partial charge >= 0.3 is 11.9 Å². The molecule has 0 saturated carbocycles. The molecule has 0 aliphatic heterocycles. The fraction of sp³-hybridized carbons (Fsp3) is 0.371. The van der Waals surface area contributed by atoms with Gasteiger partial charge < -0.3 is 13.9 Å². The summed E-state index contributed by atoms with van der Waals surface area (Å²) in [6.07, 6.45) is -0.712. The van der Waals surface area contributed by atoms with E-state index in [1.807, 2.05) is 105 Å². The van der Waals surface area contributed by atoms with Crippen LogP contribution in [0.3, 0.4) is 0 Å². The van der Waals surface area contributed by atoms with E-state index in [0.717, 1.165) is 22.0 Å². The lowest BCUT2D eigenvalue weighted by molar-refractivity contribution is -0.153. The largest absolute Gasteiger partial charge is 0.464 e. The van der Waals surface area contributed by atoms with Crippen molar-refractivity contribution >= 4 is 41.7 Å². The lowest BCUT2D eigenvalue weighted by Crippen LogP contribution is -2.71. The maximum absolute atomic E-state index is 13.8. The lowest BCUT2D eigenvalue weighted by Gasteiger charge is -2.36. The van der Waals surface area contributed by atoms with Crippen molar-refractivity contribution in [1.82, 2.24) is 0 Å². The average Bonchev–Trinajstić information content (AvgIpc) is 2.95. The van der Waals surface area contributed by atoms with Crippen molar-refractivity contribution in [3.8, 4) is 0 Å². The number of hydrogen-bond donors (Lipinski definition) is 0. The van der Waals surface area contributed by atoms with Crippen LogP contribution in [0.2, 0.25) is 0 Å². The molecule has 0 aliphatic rings. The SMILES string of the molecule is CCOC(=O)C(=C=NC(C)(C)CC(C)(C)C)C(O[Si](c1ccccc1)(c1ccccc1)c1ccccc1)C(=O)OCC. The molecule has 0 heterocycles. The third-order valence-corrected chi connectivity index (χ3v) is 10.6. The number of nitrogens with zero attached hydrogens (tertiary/aromatic N) is 1. The number of carbonyl (C=O) groups is 2. The topological polar surface area (TPSA) is 74.2 Å². The summed E-state index contributed by atoms with van der Waals surface area (Å²) in [5.41, 5.74) is -0.703. The number of benzene rings is 3. The normalized spacial score (nSPS) is 12.5. The highest BCUT2D eigenvalue weighted by Gasteiger charge is 2.48.